The van der Waals surface area contributed by atoms with E-state index in [0.29, 0.717) is 24.5 Å². The van der Waals surface area contributed by atoms with Gasteiger partial charge in [-0.15, -0.1) is 0 Å². The molecule has 2 heterocycles. The molecular weight excluding hydrogens is 300 g/mol. The molecule has 0 spiro atoms. The molecule has 2 N–H and O–H groups in total. The van der Waals surface area contributed by atoms with Crippen LogP contribution in [0.5, 0.6) is 0 Å². The summed E-state index contributed by atoms with van der Waals surface area (Å²) in [5, 5.41) is 1.56. The van der Waals surface area contributed by atoms with E-state index in [1.807, 2.05) is 6.07 Å². The number of piperazine rings is 1. The molecule has 2 aromatic rings. The topological polar surface area (TPSA) is 79.5 Å². The summed E-state index contributed by atoms with van der Waals surface area (Å²) in [7, 11) is -3.48. The first-order valence-electron chi connectivity index (χ1n) is 7.38. The van der Waals surface area contributed by atoms with Crippen molar-refractivity contribution in [2.75, 3.05) is 39.3 Å². The molecule has 3 rings (SSSR count). The van der Waals surface area contributed by atoms with Gasteiger partial charge in [-0.25, -0.2) is 8.42 Å². The van der Waals surface area contributed by atoms with E-state index in [4.69, 9.17) is 5.73 Å². The number of rotatable bonds is 4. The first-order valence-corrected chi connectivity index (χ1v) is 8.82. The van der Waals surface area contributed by atoms with Crippen molar-refractivity contribution >= 4 is 20.8 Å². The van der Waals surface area contributed by atoms with Crippen LogP contribution in [0.2, 0.25) is 0 Å². The highest BCUT2D eigenvalue weighted by molar-refractivity contribution is 7.89. The molecule has 1 fully saturated rings. The molecule has 0 bridgehead atoms. The number of sulfonamides is 1. The second-order valence-corrected chi connectivity index (χ2v) is 7.29. The van der Waals surface area contributed by atoms with Gasteiger partial charge in [0.1, 0.15) is 0 Å². The van der Waals surface area contributed by atoms with Crippen molar-refractivity contribution in [1.82, 2.24) is 14.2 Å². The van der Waals surface area contributed by atoms with Crippen molar-refractivity contribution < 1.29 is 8.42 Å². The molecule has 0 unspecified atom stereocenters. The van der Waals surface area contributed by atoms with Crippen LogP contribution in [0.4, 0.5) is 0 Å². The number of aromatic nitrogens is 1. The molecule has 1 aliphatic rings. The van der Waals surface area contributed by atoms with Gasteiger partial charge < -0.3 is 5.73 Å². The van der Waals surface area contributed by atoms with E-state index in [2.05, 4.69) is 9.88 Å². The molecule has 0 amide bonds. The van der Waals surface area contributed by atoms with Crippen molar-refractivity contribution in [2.24, 2.45) is 5.73 Å². The highest BCUT2D eigenvalue weighted by atomic mass is 32.2. The summed E-state index contributed by atoms with van der Waals surface area (Å²) in [5.41, 5.74) is 5.55. The Morgan fingerprint density at radius 2 is 1.91 bits per heavy atom. The number of benzene rings is 1. The first kappa shape index (κ1) is 15.4. The predicted octanol–water partition coefficient (Wildman–Crippen LogP) is 0.500. The fourth-order valence-electron chi connectivity index (χ4n) is 2.83. The molecule has 1 aliphatic heterocycles. The summed E-state index contributed by atoms with van der Waals surface area (Å²) in [4.78, 5) is 6.61. The smallest absolute Gasteiger partial charge is 0.243 e. The minimum atomic E-state index is -3.48. The maximum Gasteiger partial charge on any atom is 0.243 e. The van der Waals surface area contributed by atoms with Crippen LogP contribution in [0.3, 0.4) is 0 Å². The summed E-state index contributed by atoms with van der Waals surface area (Å²) in [6.07, 6.45) is 3.31. The monoisotopic (exact) mass is 320 g/mol. The fourth-order valence-corrected chi connectivity index (χ4v) is 4.47. The van der Waals surface area contributed by atoms with Crippen molar-refractivity contribution in [2.45, 2.75) is 4.90 Å². The van der Waals surface area contributed by atoms with Crippen LogP contribution in [-0.4, -0.2) is 61.9 Å². The van der Waals surface area contributed by atoms with E-state index in [0.717, 1.165) is 30.4 Å². The molecule has 0 saturated carbocycles. The average Bonchev–Trinajstić information content (AvgIpc) is 2.55. The SMILES string of the molecule is NCCN1CCN(S(=O)(=O)c2cccc3cnccc23)CC1. The summed E-state index contributed by atoms with van der Waals surface area (Å²) >= 11 is 0. The molecule has 6 nitrogen and oxygen atoms in total. The number of nitrogens with zero attached hydrogens (tertiary/aromatic N) is 3. The van der Waals surface area contributed by atoms with Crippen LogP contribution < -0.4 is 5.73 Å². The Labute approximate surface area is 130 Å². The molecule has 1 aromatic carbocycles. The molecule has 118 valence electrons. The van der Waals surface area contributed by atoms with Crippen LogP contribution >= 0.6 is 0 Å². The van der Waals surface area contributed by atoms with E-state index in [1.54, 1.807) is 34.9 Å². The Balaban J connectivity index is 1.90. The summed E-state index contributed by atoms with van der Waals surface area (Å²) in [5.74, 6) is 0. The normalized spacial score (nSPS) is 17.9. The third-order valence-electron chi connectivity index (χ3n) is 4.04. The van der Waals surface area contributed by atoms with Crippen molar-refractivity contribution in [1.29, 1.82) is 0 Å². The largest absolute Gasteiger partial charge is 0.329 e. The molecular formula is C15H20N4O2S. The Bertz CT molecular complexity index is 750. The second-order valence-electron chi connectivity index (χ2n) is 5.39. The van der Waals surface area contributed by atoms with Crippen LogP contribution in [0.25, 0.3) is 10.8 Å². The van der Waals surface area contributed by atoms with E-state index in [9.17, 15) is 8.42 Å². The number of hydrogen-bond acceptors (Lipinski definition) is 5. The third-order valence-corrected chi connectivity index (χ3v) is 5.99. The zero-order chi connectivity index (χ0) is 15.6. The van der Waals surface area contributed by atoms with Gasteiger partial charge in [-0.3, -0.25) is 9.88 Å². The Morgan fingerprint density at radius 3 is 2.64 bits per heavy atom. The minimum absolute atomic E-state index is 0.361. The number of hydrogen-bond donors (Lipinski definition) is 1. The third kappa shape index (κ3) is 2.85. The maximum absolute atomic E-state index is 12.9. The highest BCUT2D eigenvalue weighted by Crippen LogP contribution is 2.25. The zero-order valence-corrected chi connectivity index (χ0v) is 13.2. The molecule has 0 aliphatic carbocycles. The van der Waals surface area contributed by atoms with Crippen molar-refractivity contribution in [3.05, 3.63) is 36.7 Å². The standard InChI is InChI=1S/C15H20N4O2S/c16-5-7-18-8-10-19(11-9-18)22(20,21)15-3-1-2-13-12-17-6-4-14(13)15/h1-4,6,12H,5,7-11,16H2. The molecule has 0 atom stereocenters. The summed E-state index contributed by atoms with van der Waals surface area (Å²) in [6.45, 7) is 3.87. The lowest BCUT2D eigenvalue weighted by Crippen LogP contribution is -2.49. The van der Waals surface area contributed by atoms with Gasteiger partial charge in [0.25, 0.3) is 0 Å². The molecule has 7 heteroatoms. The Kier molecular flexibility index (Phi) is 4.39. The zero-order valence-electron chi connectivity index (χ0n) is 12.4. The molecule has 0 radical (unpaired) electrons. The first-order chi connectivity index (χ1) is 10.6. The van der Waals surface area contributed by atoms with Gasteiger partial charge in [0.2, 0.25) is 10.0 Å². The average molecular weight is 320 g/mol. The number of nitrogens with two attached hydrogens (primary N) is 1. The van der Waals surface area contributed by atoms with Gasteiger partial charge in [0.15, 0.2) is 0 Å². The van der Waals surface area contributed by atoms with Gasteiger partial charge in [0, 0.05) is 62.4 Å². The van der Waals surface area contributed by atoms with Crippen LogP contribution in [0.1, 0.15) is 0 Å². The van der Waals surface area contributed by atoms with Gasteiger partial charge >= 0.3 is 0 Å². The number of fused-ring (bicyclic) bond motifs is 1. The second kappa shape index (κ2) is 6.29. The number of pyridine rings is 1. The summed E-state index contributed by atoms with van der Waals surface area (Å²) in [6, 6.07) is 7.07. The van der Waals surface area contributed by atoms with Crippen molar-refractivity contribution in [3.63, 3.8) is 0 Å². The molecule has 1 aromatic heterocycles. The van der Waals surface area contributed by atoms with E-state index < -0.39 is 10.0 Å². The van der Waals surface area contributed by atoms with Gasteiger partial charge in [-0.05, 0) is 12.1 Å². The Morgan fingerprint density at radius 1 is 1.14 bits per heavy atom. The van der Waals surface area contributed by atoms with E-state index >= 15 is 0 Å². The maximum atomic E-state index is 12.9. The lowest BCUT2D eigenvalue weighted by atomic mass is 10.2. The van der Waals surface area contributed by atoms with Gasteiger partial charge in [0.05, 0.1) is 4.90 Å². The fraction of sp³-hybridized carbons (Fsp3) is 0.400. The van der Waals surface area contributed by atoms with Gasteiger partial charge in [-0.2, -0.15) is 4.31 Å². The lowest BCUT2D eigenvalue weighted by molar-refractivity contribution is 0.193. The van der Waals surface area contributed by atoms with E-state index in [1.165, 1.54) is 0 Å². The van der Waals surface area contributed by atoms with E-state index in [-0.39, 0.29) is 0 Å². The molecule has 22 heavy (non-hydrogen) atoms. The summed E-state index contributed by atoms with van der Waals surface area (Å²) < 4.78 is 27.4. The van der Waals surface area contributed by atoms with Crippen LogP contribution in [0.15, 0.2) is 41.6 Å². The lowest BCUT2D eigenvalue weighted by Gasteiger charge is -2.33. The highest BCUT2D eigenvalue weighted by Gasteiger charge is 2.29. The Hall–Kier alpha value is -1.54. The minimum Gasteiger partial charge on any atom is -0.329 e. The quantitative estimate of drug-likeness (QED) is 0.887. The van der Waals surface area contributed by atoms with Crippen LogP contribution in [-0.2, 0) is 10.0 Å². The van der Waals surface area contributed by atoms with Crippen LogP contribution in [0, 0.1) is 0 Å². The van der Waals surface area contributed by atoms with Gasteiger partial charge in [-0.1, -0.05) is 12.1 Å². The predicted molar refractivity (Wildman–Crippen MR) is 86.0 cm³/mol. The molecule has 1 saturated heterocycles. The van der Waals surface area contributed by atoms with Crippen molar-refractivity contribution in [3.8, 4) is 0 Å².